The molecular formula is C18H18N2O4. The number of nitrogens with one attached hydrogen (secondary N) is 1. The first kappa shape index (κ1) is 17.2. The summed E-state index contributed by atoms with van der Waals surface area (Å²) in [5.74, 6) is 0. The molecule has 0 radical (unpaired) electrons. The van der Waals surface area contributed by atoms with E-state index in [1.54, 1.807) is 18.2 Å². The monoisotopic (exact) mass is 326 g/mol. The van der Waals surface area contributed by atoms with Gasteiger partial charge in [0.15, 0.2) is 0 Å². The fraction of sp³-hybridized carbons (Fsp3) is 0.167. The number of nitro groups is 1. The van der Waals surface area contributed by atoms with E-state index in [2.05, 4.69) is 11.9 Å². The van der Waals surface area contributed by atoms with Gasteiger partial charge in [-0.2, -0.15) is 0 Å². The molecule has 24 heavy (non-hydrogen) atoms. The Morgan fingerprint density at radius 1 is 1.25 bits per heavy atom. The number of nitrogens with zero attached hydrogens (tertiary/aromatic N) is 1. The van der Waals surface area contributed by atoms with Gasteiger partial charge in [0.2, 0.25) is 0 Å². The second kappa shape index (κ2) is 8.47. The standard InChI is InChI=1S/C18H18N2O4/c1-2-7-17(15-10-6-11-16(12-15)20(22)23)19-18(21)24-13-14-8-4-3-5-9-14/h2-6,8-12,17H,1,7,13H2,(H,19,21). The molecule has 0 aliphatic heterocycles. The maximum absolute atomic E-state index is 12.0. The van der Waals surface area contributed by atoms with E-state index in [1.165, 1.54) is 12.1 Å². The van der Waals surface area contributed by atoms with E-state index in [-0.39, 0.29) is 12.3 Å². The summed E-state index contributed by atoms with van der Waals surface area (Å²) in [5.41, 5.74) is 1.48. The maximum Gasteiger partial charge on any atom is 0.407 e. The van der Waals surface area contributed by atoms with E-state index in [9.17, 15) is 14.9 Å². The number of rotatable bonds is 7. The number of carbonyl (C=O) groups excluding carboxylic acids is 1. The molecule has 1 atom stereocenters. The van der Waals surface area contributed by atoms with Crippen LogP contribution < -0.4 is 5.32 Å². The number of amides is 1. The van der Waals surface area contributed by atoms with Gasteiger partial charge in [0, 0.05) is 12.1 Å². The number of carbonyl (C=O) groups is 1. The Bertz CT molecular complexity index is 716. The molecule has 6 nitrogen and oxygen atoms in total. The molecule has 0 aliphatic carbocycles. The summed E-state index contributed by atoms with van der Waals surface area (Å²) in [7, 11) is 0. The molecule has 2 aromatic rings. The Morgan fingerprint density at radius 2 is 2.00 bits per heavy atom. The lowest BCUT2D eigenvalue weighted by Crippen LogP contribution is -2.28. The minimum Gasteiger partial charge on any atom is -0.445 e. The molecule has 1 N–H and O–H groups in total. The van der Waals surface area contributed by atoms with Gasteiger partial charge in [-0.05, 0) is 17.5 Å². The van der Waals surface area contributed by atoms with E-state index in [4.69, 9.17) is 4.74 Å². The van der Waals surface area contributed by atoms with E-state index in [1.807, 2.05) is 30.3 Å². The predicted octanol–water partition coefficient (Wildman–Crippen LogP) is 4.14. The summed E-state index contributed by atoms with van der Waals surface area (Å²) < 4.78 is 5.19. The van der Waals surface area contributed by atoms with Crippen LogP contribution in [0.5, 0.6) is 0 Å². The first-order valence-electron chi connectivity index (χ1n) is 7.42. The number of non-ortho nitro benzene ring substituents is 1. The highest BCUT2D eigenvalue weighted by atomic mass is 16.6. The quantitative estimate of drug-likeness (QED) is 0.471. The Kier molecular flexibility index (Phi) is 6.08. The lowest BCUT2D eigenvalue weighted by atomic mass is 10.0. The van der Waals surface area contributed by atoms with Gasteiger partial charge in [-0.3, -0.25) is 10.1 Å². The average molecular weight is 326 g/mol. The molecule has 1 unspecified atom stereocenters. The Hall–Kier alpha value is -3.15. The normalized spacial score (nSPS) is 11.3. The largest absolute Gasteiger partial charge is 0.445 e. The minimum absolute atomic E-state index is 0.0268. The molecule has 124 valence electrons. The molecule has 0 spiro atoms. The number of ether oxygens (including phenoxy) is 1. The highest BCUT2D eigenvalue weighted by Crippen LogP contribution is 2.22. The summed E-state index contributed by atoms with van der Waals surface area (Å²) in [6.45, 7) is 3.81. The fourth-order valence-electron chi connectivity index (χ4n) is 2.21. The van der Waals surface area contributed by atoms with Crippen LogP contribution in [-0.4, -0.2) is 11.0 Å². The zero-order valence-electron chi connectivity index (χ0n) is 13.1. The van der Waals surface area contributed by atoms with Gasteiger partial charge in [0.25, 0.3) is 5.69 Å². The van der Waals surface area contributed by atoms with Gasteiger partial charge < -0.3 is 10.1 Å². The SMILES string of the molecule is C=CCC(NC(=O)OCc1ccccc1)c1cccc([N+](=O)[O-])c1. The summed E-state index contributed by atoms with van der Waals surface area (Å²) in [6.07, 6.45) is 1.49. The van der Waals surface area contributed by atoms with E-state index in [0.717, 1.165) is 5.56 Å². The lowest BCUT2D eigenvalue weighted by Gasteiger charge is -2.17. The van der Waals surface area contributed by atoms with E-state index in [0.29, 0.717) is 12.0 Å². The molecule has 0 aromatic heterocycles. The molecule has 0 bridgehead atoms. The van der Waals surface area contributed by atoms with Crippen LogP contribution in [0, 0.1) is 10.1 Å². The highest BCUT2D eigenvalue weighted by Gasteiger charge is 2.17. The zero-order chi connectivity index (χ0) is 17.4. The van der Waals surface area contributed by atoms with E-state index < -0.39 is 17.1 Å². The third kappa shape index (κ3) is 4.95. The fourth-order valence-corrected chi connectivity index (χ4v) is 2.21. The first-order valence-corrected chi connectivity index (χ1v) is 7.42. The second-order valence-electron chi connectivity index (χ2n) is 5.14. The molecule has 6 heteroatoms. The summed E-state index contributed by atoms with van der Waals surface area (Å²) in [4.78, 5) is 22.4. The molecule has 0 saturated carbocycles. The number of benzene rings is 2. The van der Waals surface area contributed by atoms with Crippen molar-refractivity contribution in [3.05, 3.63) is 88.5 Å². The third-order valence-electron chi connectivity index (χ3n) is 3.39. The second-order valence-corrected chi connectivity index (χ2v) is 5.14. The van der Waals surface area contributed by atoms with Crippen LogP contribution in [0.2, 0.25) is 0 Å². The molecule has 2 aromatic carbocycles. The van der Waals surface area contributed by atoms with Gasteiger partial charge in [-0.1, -0.05) is 48.5 Å². The number of hydrogen-bond acceptors (Lipinski definition) is 4. The van der Waals surface area contributed by atoms with E-state index >= 15 is 0 Å². The number of alkyl carbamates (subject to hydrolysis) is 1. The van der Waals surface area contributed by atoms with Crippen LogP contribution in [-0.2, 0) is 11.3 Å². The molecule has 0 fully saturated rings. The van der Waals surface area contributed by atoms with Gasteiger partial charge in [0.05, 0.1) is 11.0 Å². The molecule has 0 saturated heterocycles. The molecule has 0 aliphatic rings. The van der Waals surface area contributed by atoms with Crippen LogP contribution in [0.25, 0.3) is 0 Å². The Balaban J connectivity index is 2.02. The van der Waals surface area contributed by atoms with Gasteiger partial charge in [-0.15, -0.1) is 6.58 Å². The van der Waals surface area contributed by atoms with Crippen molar-refractivity contribution in [3.63, 3.8) is 0 Å². The molecular weight excluding hydrogens is 308 g/mol. The van der Waals surface area contributed by atoms with Crippen LogP contribution in [0.4, 0.5) is 10.5 Å². The smallest absolute Gasteiger partial charge is 0.407 e. The zero-order valence-corrected chi connectivity index (χ0v) is 13.1. The van der Waals surface area contributed by atoms with Crippen molar-refractivity contribution in [2.45, 2.75) is 19.1 Å². The van der Waals surface area contributed by atoms with Crippen molar-refractivity contribution in [3.8, 4) is 0 Å². The summed E-state index contributed by atoms with van der Waals surface area (Å²) in [5, 5.41) is 13.6. The van der Waals surface area contributed by atoms with Crippen LogP contribution in [0.3, 0.4) is 0 Å². The van der Waals surface area contributed by atoms with Crippen molar-refractivity contribution in [2.24, 2.45) is 0 Å². The molecule has 1 amide bonds. The maximum atomic E-state index is 12.0. The lowest BCUT2D eigenvalue weighted by molar-refractivity contribution is -0.384. The van der Waals surface area contributed by atoms with Crippen LogP contribution in [0.15, 0.2) is 67.3 Å². The van der Waals surface area contributed by atoms with Crippen molar-refractivity contribution >= 4 is 11.8 Å². The highest BCUT2D eigenvalue weighted by molar-refractivity contribution is 5.68. The topological polar surface area (TPSA) is 81.5 Å². The molecule has 0 heterocycles. The third-order valence-corrected chi connectivity index (χ3v) is 3.39. The van der Waals surface area contributed by atoms with Gasteiger partial charge >= 0.3 is 6.09 Å². The Morgan fingerprint density at radius 3 is 2.67 bits per heavy atom. The predicted molar refractivity (Wildman–Crippen MR) is 90.4 cm³/mol. The summed E-state index contributed by atoms with van der Waals surface area (Å²) in [6, 6.07) is 15.0. The van der Waals surface area contributed by atoms with Crippen LogP contribution in [0.1, 0.15) is 23.6 Å². The van der Waals surface area contributed by atoms with Gasteiger partial charge in [-0.25, -0.2) is 4.79 Å². The number of hydrogen-bond donors (Lipinski definition) is 1. The van der Waals surface area contributed by atoms with Gasteiger partial charge in [0.1, 0.15) is 6.61 Å². The van der Waals surface area contributed by atoms with Crippen LogP contribution >= 0.6 is 0 Å². The van der Waals surface area contributed by atoms with Crippen molar-refractivity contribution in [1.29, 1.82) is 0 Å². The van der Waals surface area contributed by atoms with Crippen molar-refractivity contribution in [1.82, 2.24) is 5.32 Å². The summed E-state index contributed by atoms with van der Waals surface area (Å²) >= 11 is 0. The first-order chi connectivity index (χ1) is 11.6. The Labute approximate surface area is 139 Å². The van der Waals surface area contributed by atoms with Crippen molar-refractivity contribution < 1.29 is 14.5 Å². The van der Waals surface area contributed by atoms with Crippen molar-refractivity contribution in [2.75, 3.05) is 0 Å². The minimum atomic E-state index is -0.586. The molecule has 2 rings (SSSR count). The number of nitro benzene ring substituents is 1. The average Bonchev–Trinajstić information content (AvgIpc) is 2.60.